The van der Waals surface area contributed by atoms with Crippen molar-refractivity contribution < 1.29 is 0 Å². The third-order valence-electron chi connectivity index (χ3n) is 2.95. The number of imidazole rings is 1. The first kappa shape index (κ1) is 11.7. The molecule has 2 N–H and O–H groups in total. The Labute approximate surface area is 101 Å². The van der Waals surface area contributed by atoms with Crippen LogP contribution in [0.2, 0.25) is 0 Å². The van der Waals surface area contributed by atoms with E-state index in [1.165, 1.54) is 0 Å². The van der Waals surface area contributed by atoms with Gasteiger partial charge in [-0.05, 0) is 13.8 Å². The van der Waals surface area contributed by atoms with Crippen LogP contribution in [-0.4, -0.2) is 19.3 Å². The fourth-order valence-corrected chi connectivity index (χ4v) is 1.83. The van der Waals surface area contributed by atoms with Crippen molar-refractivity contribution in [2.24, 2.45) is 7.05 Å². The second-order valence-corrected chi connectivity index (χ2v) is 4.48. The molecule has 2 aromatic heterocycles. The van der Waals surface area contributed by atoms with Crippen LogP contribution in [0.25, 0.3) is 11.3 Å². The van der Waals surface area contributed by atoms with Gasteiger partial charge in [-0.15, -0.1) is 0 Å². The van der Waals surface area contributed by atoms with E-state index in [0.717, 1.165) is 23.5 Å². The Morgan fingerprint density at radius 1 is 1.41 bits per heavy atom. The van der Waals surface area contributed by atoms with Crippen LogP contribution in [0.3, 0.4) is 0 Å². The van der Waals surface area contributed by atoms with E-state index in [4.69, 9.17) is 5.73 Å². The van der Waals surface area contributed by atoms with E-state index in [1.807, 2.05) is 28.7 Å². The van der Waals surface area contributed by atoms with Gasteiger partial charge in [0.15, 0.2) is 0 Å². The molecule has 2 aromatic rings. The number of hydrogen-bond acceptors (Lipinski definition) is 3. The minimum absolute atomic E-state index is 0.347. The maximum Gasteiger partial charge on any atom is 0.131 e. The summed E-state index contributed by atoms with van der Waals surface area (Å²) in [6.45, 7) is 6.26. The molecule has 5 nitrogen and oxygen atoms in total. The Balaban J connectivity index is 2.45. The summed E-state index contributed by atoms with van der Waals surface area (Å²) >= 11 is 0. The van der Waals surface area contributed by atoms with Crippen LogP contribution in [0.15, 0.2) is 12.4 Å². The van der Waals surface area contributed by atoms with Gasteiger partial charge in [-0.3, -0.25) is 4.68 Å². The van der Waals surface area contributed by atoms with Crippen LogP contribution >= 0.6 is 0 Å². The number of nitrogens with zero attached hydrogens (tertiary/aromatic N) is 4. The van der Waals surface area contributed by atoms with Gasteiger partial charge < -0.3 is 10.3 Å². The number of hydrogen-bond donors (Lipinski definition) is 1. The van der Waals surface area contributed by atoms with Crippen molar-refractivity contribution in [3.63, 3.8) is 0 Å². The quantitative estimate of drug-likeness (QED) is 0.882. The van der Waals surface area contributed by atoms with Gasteiger partial charge in [0.2, 0.25) is 0 Å². The molecule has 0 aliphatic carbocycles. The Kier molecular flexibility index (Phi) is 2.92. The van der Waals surface area contributed by atoms with Gasteiger partial charge in [-0.2, -0.15) is 5.10 Å². The minimum Gasteiger partial charge on any atom is -0.383 e. The van der Waals surface area contributed by atoms with Gasteiger partial charge >= 0.3 is 0 Å². The van der Waals surface area contributed by atoms with Crippen molar-refractivity contribution in [1.82, 2.24) is 19.3 Å². The summed E-state index contributed by atoms with van der Waals surface area (Å²) in [6, 6.07) is 0.347. The highest BCUT2D eigenvalue weighted by Crippen LogP contribution is 2.25. The zero-order chi connectivity index (χ0) is 12.6. The van der Waals surface area contributed by atoms with Crippen LogP contribution in [0.4, 0.5) is 5.82 Å². The van der Waals surface area contributed by atoms with Crippen LogP contribution in [-0.2, 0) is 13.5 Å². The van der Waals surface area contributed by atoms with E-state index in [9.17, 15) is 0 Å². The molecule has 92 valence electrons. The summed E-state index contributed by atoms with van der Waals surface area (Å²) in [7, 11) is 1.94. The lowest BCUT2D eigenvalue weighted by atomic mass is 10.2. The number of rotatable bonds is 3. The molecule has 0 saturated carbocycles. The lowest BCUT2D eigenvalue weighted by Crippen LogP contribution is -2.00. The summed E-state index contributed by atoms with van der Waals surface area (Å²) in [5, 5.41) is 4.31. The normalized spacial score (nSPS) is 11.4. The van der Waals surface area contributed by atoms with E-state index in [0.29, 0.717) is 11.9 Å². The van der Waals surface area contributed by atoms with E-state index < -0.39 is 0 Å². The Bertz CT molecular complexity index is 521. The highest BCUT2D eigenvalue weighted by atomic mass is 15.3. The molecule has 0 saturated heterocycles. The summed E-state index contributed by atoms with van der Waals surface area (Å²) < 4.78 is 3.84. The first-order valence-electron chi connectivity index (χ1n) is 5.90. The number of anilines is 1. The van der Waals surface area contributed by atoms with Crippen molar-refractivity contribution in [3.05, 3.63) is 18.2 Å². The standard InChI is InChI=1S/C12H19N5/c1-5-10-15-11(12(13)16(10)4)9-6-14-17(7-9)8(2)3/h6-8H,5,13H2,1-4H3. The summed E-state index contributed by atoms with van der Waals surface area (Å²) in [4.78, 5) is 4.56. The number of aromatic nitrogens is 4. The highest BCUT2D eigenvalue weighted by molar-refractivity contribution is 5.69. The summed E-state index contributed by atoms with van der Waals surface area (Å²) in [5.41, 5.74) is 7.87. The zero-order valence-corrected chi connectivity index (χ0v) is 10.8. The average molecular weight is 233 g/mol. The van der Waals surface area contributed by atoms with Crippen molar-refractivity contribution >= 4 is 5.82 Å². The molecule has 0 fully saturated rings. The van der Waals surface area contributed by atoms with Crippen molar-refractivity contribution in [2.75, 3.05) is 5.73 Å². The number of nitrogens with two attached hydrogens (primary N) is 1. The van der Waals surface area contributed by atoms with Crippen LogP contribution in [0.1, 0.15) is 32.6 Å². The van der Waals surface area contributed by atoms with Crippen molar-refractivity contribution in [3.8, 4) is 11.3 Å². The lowest BCUT2D eigenvalue weighted by Gasteiger charge is -2.02. The summed E-state index contributed by atoms with van der Waals surface area (Å²) in [5.74, 6) is 1.69. The van der Waals surface area contributed by atoms with Crippen LogP contribution < -0.4 is 5.73 Å². The fraction of sp³-hybridized carbons (Fsp3) is 0.500. The average Bonchev–Trinajstić information content (AvgIpc) is 2.87. The maximum atomic E-state index is 6.06. The molecule has 0 spiro atoms. The second kappa shape index (κ2) is 4.24. The van der Waals surface area contributed by atoms with E-state index in [2.05, 4.69) is 30.9 Å². The zero-order valence-electron chi connectivity index (χ0n) is 10.8. The van der Waals surface area contributed by atoms with Gasteiger partial charge in [0.25, 0.3) is 0 Å². The van der Waals surface area contributed by atoms with E-state index in [-0.39, 0.29) is 0 Å². The predicted molar refractivity (Wildman–Crippen MR) is 68.6 cm³/mol. The summed E-state index contributed by atoms with van der Waals surface area (Å²) in [6.07, 6.45) is 4.68. The smallest absolute Gasteiger partial charge is 0.131 e. The molecule has 5 heteroatoms. The third kappa shape index (κ3) is 1.92. The predicted octanol–water partition coefficient (Wildman–Crippen LogP) is 2.01. The monoisotopic (exact) mass is 233 g/mol. The molecule has 0 bridgehead atoms. The maximum absolute atomic E-state index is 6.06. The molecule has 2 rings (SSSR count). The van der Waals surface area contributed by atoms with Crippen LogP contribution in [0, 0.1) is 0 Å². The van der Waals surface area contributed by atoms with E-state index >= 15 is 0 Å². The minimum atomic E-state index is 0.347. The molecule has 0 radical (unpaired) electrons. The molecule has 0 aromatic carbocycles. The first-order valence-corrected chi connectivity index (χ1v) is 5.90. The molecular weight excluding hydrogens is 214 g/mol. The second-order valence-electron chi connectivity index (χ2n) is 4.48. The van der Waals surface area contributed by atoms with Gasteiger partial charge in [-0.25, -0.2) is 4.98 Å². The Morgan fingerprint density at radius 3 is 2.59 bits per heavy atom. The SMILES string of the molecule is CCc1nc(-c2cnn(C(C)C)c2)c(N)n1C. The largest absolute Gasteiger partial charge is 0.383 e. The lowest BCUT2D eigenvalue weighted by molar-refractivity contribution is 0.532. The molecule has 0 atom stereocenters. The molecule has 17 heavy (non-hydrogen) atoms. The van der Waals surface area contributed by atoms with E-state index in [1.54, 1.807) is 0 Å². The fourth-order valence-electron chi connectivity index (χ4n) is 1.83. The Hall–Kier alpha value is -1.78. The first-order chi connectivity index (χ1) is 8.04. The number of nitrogen functional groups attached to an aromatic ring is 1. The van der Waals surface area contributed by atoms with Crippen molar-refractivity contribution in [1.29, 1.82) is 0 Å². The number of aryl methyl sites for hydroxylation is 1. The third-order valence-corrected chi connectivity index (χ3v) is 2.95. The molecule has 0 unspecified atom stereocenters. The van der Waals surface area contributed by atoms with Gasteiger partial charge in [0.05, 0.1) is 6.20 Å². The van der Waals surface area contributed by atoms with Crippen LogP contribution in [0.5, 0.6) is 0 Å². The molecule has 0 aliphatic heterocycles. The molecule has 0 aliphatic rings. The highest BCUT2D eigenvalue weighted by Gasteiger charge is 2.14. The van der Waals surface area contributed by atoms with Gasteiger partial charge in [0, 0.05) is 31.3 Å². The topological polar surface area (TPSA) is 61.7 Å². The Morgan fingerprint density at radius 2 is 2.12 bits per heavy atom. The molecule has 2 heterocycles. The van der Waals surface area contributed by atoms with Crippen molar-refractivity contribution in [2.45, 2.75) is 33.2 Å². The van der Waals surface area contributed by atoms with Gasteiger partial charge in [0.1, 0.15) is 17.3 Å². The molecular formula is C12H19N5. The van der Waals surface area contributed by atoms with Gasteiger partial charge in [-0.1, -0.05) is 6.92 Å². The molecule has 0 amide bonds.